The van der Waals surface area contributed by atoms with Crippen molar-refractivity contribution in [3.63, 3.8) is 0 Å². The summed E-state index contributed by atoms with van der Waals surface area (Å²) in [5.74, 6) is -2.97. The summed E-state index contributed by atoms with van der Waals surface area (Å²) in [7, 11) is 1.18. The number of nitro groups is 1. The Morgan fingerprint density at radius 1 is 1.10 bits per heavy atom. The summed E-state index contributed by atoms with van der Waals surface area (Å²) >= 11 is 0. The molecule has 2 aromatic carbocycles. The van der Waals surface area contributed by atoms with E-state index in [4.69, 9.17) is 4.74 Å². The van der Waals surface area contributed by atoms with Gasteiger partial charge in [-0.25, -0.2) is 4.79 Å². The van der Waals surface area contributed by atoms with Crippen molar-refractivity contribution in [3.05, 3.63) is 75.3 Å². The smallest absolute Gasteiger partial charge is 0.328 e. The fourth-order valence-electron chi connectivity index (χ4n) is 3.10. The molecule has 10 heteroatoms. The van der Waals surface area contributed by atoms with E-state index in [-0.39, 0.29) is 23.2 Å². The molecule has 3 rings (SSSR count). The largest absolute Gasteiger partial charge is 0.467 e. The number of benzene rings is 2. The highest BCUT2D eigenvalue weighted by Gasteiger charge is 2.38. The van der Waals surface area contributed by atoms with E-state index in [1.54, 1.807) is 24.3 Å². The van der Waals surface area contributed by atoms with Crippen molar-refractivity contribution >= 4 is 29.4 Å². The number of carbonyl (C=O) groups is 4. The van der Waals surface area contributed by atoms with E-state index in [0.29, 0.717) is 4.90 Å². The lowest BCUT2D eigenvalue weighted by Crippen LogP contribution is -2.48. The zero-order valence-electron chi connectivity index (χ0n) is 15.9. The number of imide groups is 1. The Labute approximate surface area is 170 Å². The Bertz CT molecular complexity index is 1040. The van der Waals surface area contributed by atoms with Crippen molar-refractivity contribution in [1.82, 2.24) is 10.2 Å². The van der Waals surface area contributed by atoms with Gasteiger partial charge in [-0.15, -0.1) is 0 Å². The van der Waals surface area contributed by atoms with Crippen molar-refractivity contribution < 1.29 is 28.8 Å². The normalized spacial score (nSPS) is 13.6. The number of hydrogen-bond donors (Lipinski definition) is 1. The molecule has 0 spiro atoms. The van der Waals surface area contributed by atoms with Crippen molar-refractivity contribution in [2.45, 2.75) is 12.5 Å². The molecule has 154 valence electrons. The number of fused-ring (bicyclic) bond motifs is 1. The molecule has 3 amide bonds. The minimum absolute atomic E-state index is 0.0211. The molecule has 1 aliphatic rings. The predicted octanol–water partition coefficient (Wildman–Crippen LogP) is 1.09. The van der Waals surface area contributed by atoms with Gasteiger partial charge in [0.25, 0.3) is 17.5 Å². The van der Waals surface area contributed by atoms with Crippen molar-refractivity contribution in [2.24, 2.45) is 0 Å². The molecule has 30 heavy (non-hydrogen) atoms. The Morgan fingerprint density at radius 3 is 2.40 bits per heavy atom. The van der Waals surface area contributed by atoms with Gasteiger partial charge in [0.15, 0.2) is 0 Å². The van der Waals surface area contributed by atoms with E-state index in [0.717, 1.165) is 17.7 Å². The lowest BCUT2D eigenvalue weighted by Gasteiger charge is -2.19. The second kappa shape index (κ2) is 8.52. The number of esters is 1. The molecule has 2 aromatic rings. The molecule has 0 fully saturated rings. The summed E-state index contributed by atoms with van der Waals surface area (Å²) in [6.07, 6.45) is 0.160. The van der Waals surface area contributed by atoms with Crippen molar-refractivity contribution in [2.75, 3.05) is 13.7 Å². The van der Waals surface area contributed by atoms with E-state index in [2.05, 4.69) is 5.32 Å². The third-order valence-electron chi connectivity index (χ3n) is 4.57. The molecule has 0 saturated carbocycles. The van der Waals surface area contributed by atoms with Crippen LogP contribution in [0.25, 0.3) is 0 Å². The lowest BCUT2D eigenvalue weighted by atomic mass is 10.1. The zero-order chi connectivity index (χ0) is 21.8. The number of nitro benzene ring substituents is 1. The molecule has 0 saturated heterocycles. The molecule has 1 atom stereocenters. The number of non-ortho nitro benzene ring substituents is 1. The first-order chi connectivity index (χ1) is 14.3. The minimum Gasteiger partial charge on any atom is -0.467 e. The van der Waals surface area contributed by atoms with Gasteiger partial charge in [0, 0.05) is 18.6 Å². The maximum Gasteiger partial charge on any atom is 0.328 e. The Balaban J connectivity index is 1.72. The molecule has 1 aliphatic heterocycles. The van der Waals surface area contributed by atoms with Crippen molar-refractivity contribution in [1.29, 1.82) is 0 Å². The van der Waals surface area contributed by atoms with Gasteiger partial charge in [-0.3, -0.25) is 29.4 Å². The van der Waals surface area contributed by atoms with Crippen LogP contribution in [0.4, 0.5) is 5.69 Å². The molecule has 0 unspecified atom stereocenters. The van der Waals surface area contributed by atoms with E-state index in [1.165, 1.54) is 13.2 Å². The number of amides is 3. The fourth-order valence-corrected chi connectivity index (χ4v) is 3.10. The first-order valence-electron chi connectivity index (χ1n) is 8.87. The summed E-state index contributed by atoms with van der Waals surface area (Å²) in [4.78, 5) is 60.4. The van der Waals surface area contributed by atoms with Crippen molar-refractivity contribution in [3.8, 4) is 0 Å². The number of ether oxygens (including phenoxy) is 1. The molecule has 1 heterocycles. The maximum atomic E-state index is 12.5. The second-order valence-electron chi connectivity index (χ2n) is 6.52. The van der Waals surface area contributed by atoms with Gasteiger partial charge in [-0.1, -0.05) is 30.3 Å². The number of methoxy groups -OCH3 is 1. The van der Waals surface area contributed by atoms with Gasteiger partial charge in [-0.2, -0.15) is 0 Å². The summed E-state index contributed by atoms with van der Waals surface area (Å²) in [6.45, 7) is -0.636. The fraction of sp³-hybridized carbons (Fsp3) is 0.200. The number of rotatable bonds is 7. The maximum absolute atomic E-state index is 12.5. The SMILES string of the molecule is COC(=O)[C@@H](Cc1ccccc1)NC(=O)CN1C(=O)c2ccc([N+](=O)[O-])cc2C1=O. The molecular formula is C20H17N3O7. The molecule has 0 aromatic heterocycles. The summed E-state index contributed by atoms with van der Waals surface area (Å²) in [5, 5.41) is 13.4. The van der Waals surface area contributed by atoms with Crippen LogP contribution < -0.4 is 5.32 Å². The Kier molecular flexibility index (Phi) is 5.86. The third kappa shape index (κ3) is 4.17. The van der Waals surface area contributed by atoms with E-state index < -0.39 is 41.2 Å². The molecule has 0 bridgehead atoms. The predicted molar refractivity (Wildman–Crippen MR) is 103 cm³/mol. The average molecular weight is 411 g/mol. The van der Waals surface area contributed by atoms with Crippen LogP contribution in [0.15, 0.2) is 48.5 Å². The van der Waals surface area contributed by atoms with E-state index in [9.17, 15) is 29.3 Å². The first-order valence-corrected chi connectivity index (χ1v) is 8.87. The molecule has 10 nitrogen and oxygen atoms in total. The lowest BCUT2D eigenvalue weighted by molar-refractivity contribution is -0.384. The molecular weight excluding hydrogens is 394 g/mol. The van der Waals surface area contributed by atoms with E-state index >= 15 is 0 Å². The van der Waals surface area contributed by atoms with Crippen LogP contribution >= 0.6 is 0 Å². The number of nitrogens with one attached hydrogen (secondary N) is 1. The highest BCUT2D eigenvalue weighted by molar-refractivity contribution is 6.22. The van der Waals surface area contributed by atoms with Gasteiger partial charge in [-0.05, 0) is 11.6 Å². The third-order valence-corrected chi connectivity index (χ3v) is 4.57. The first kappa shape index (κ1) is 20.6. The minimum atomic E-state index is -1.01. The van der Waals surface area contributed by atoms with Gasteiger partial charge in [0.2, 0.25) is 5.91 Å². The Morgan fingerprint density at radius 2 is 1.77 bits per heavy atom. The summed E-state index contributed by atoms with van der Waals surface area (Å²) in [6, 6.07) is 11.2. The molecule has 0 aliphatic carbocycles. The van der Waals surface area contributed by atoms with Gasteiger partial charge in [0.1, 0.15) is 12.6 Å². The van der Waals surface area contributed by atoms with Gasteiger partial charge < -0.3 is 10.1 Å². The molecule has 0 radical (unpaired) electrons. The van der Waals surface area contributed by atoms with Crippen LogP contribution in [0.3, 0.4) is 0 Å². The number of nitrogens with zero attached hydrogens (tertiary/aromatic N) is 2. The van der Waals surface area contributed by atoms with Crippen LogP contribution in [-0.2, 0) is 20.7 Å². The summed E-state index contributed by atoms with van der Waals surface area (Å²) < 4.78 is 4.72. The topological polar surface area (TPSA) is 136 Å². The Hall–Kier alpha value is -4.08. The van der Waals surface area contributed by atoms with Crippen LogP contribution in [-0.4, -0.2) is 53.2 Å². The molecule has 1 N–H and O–H groups in total. The van der Waals surface area contributed by atoms with Crippen LogP contribution in [0.5, 0.6) is 0 Å². The quantitative estimate of drug-likeness (QED) is 0.312. The number of carbonyl (C=O) groups excluding carboxylic acids is 4. The highest BCUT2D eigenvalue weighted by Crippen LogP contribution is 2.26. The highest BCUT2D eigenvalue weighted by atomic mass is 16.6. The van der Waals surface area contributed by atoms with Crippen LogP contribution in [0.2, 0.25) is 0 Å². The van der Waals surface area contributed by atoms with Gasteiger partial charge in [0.05, 0.1) is 23.2 Å². The van der Waals surface area contributed by atoms with E-state index in [1.807, 2.05) is 6.07 Å². The van der Waals surface area contributed by atoms with Gasteiger partial charge >= 0.3 is 5.97 Å². The van der Waals surface area contributed by atoms with Crippen LogP contribution in [0.1, 0.15) is 26.3 Å². The zero-order valence-corrected chi connectivity index (χ0v) is 15.9. The standard InChI is InChI=1S/C20H17N3O7/c1-30-20(27)16(9-12-5-3-2-4-6-12)21-17(24)11-22-18(25)14-8-7-13(23(28)29)10-15(14)19(22)26/h2-8,10,16H,9,11H2,1H3,(H,21,24)/t16-/m1/s1. The second-order valence-corrected chi connectivity index (χ2v) is 6.52. The monoisotopic (exact) mass is 411 g/mol. The average Bonchev–Trinajstić information content (AvgIpc) is 2.97. The number of hydrogen-bond acceptors (Lipinski definition) is 7. The summed E-state index contributed by atoms with van der Waals surface area (Å²) in [5.41, 5.74) is 0.277. The van der Waals surface area contributed by atoms with Crippen LogP contribution in [0, 0.1) is 10.1 Å².